The molecule has 0 spiro atoms. The number of benzene rings is 3. The van der Waals surface area contributed by atoms with E-state index in [0.29, 0.717) is 37.7 Å². The lowest BCUT2D eigenvalue weighted by molar-refractivity contribution is -0.146. The molecule has 0 heterocycles. The minimum Gasteiger partial charge on any atom is -0.481 e. The molecular weight excluding hydrogens is 455 g/mol. The first-order chi connectivity index (χ1) is 16.8. The standard InChI is InChI=1S/C30H39O4P/c1-4-7-21-29(6-3,35(33,34)23-24-15-10-9-11-16-24)30(28(31)32,22-8-5-2)27-20-14-18-25-17-12-13-19-26(25)27/h9-20H,4-8,21-23H2,1-3H3,(H,31,32)(H,33,34). The van der Waals surface area contributed by atoms with Gasteiger partial charge in [0, 0.05) is 0 Å². The Hall–Kier alpha value is -2.42. The van der Waals surface area contributed by atoms with Crippen molar-refractivity contribution in [2.45, 2.75) is 82.4 Å². The maximum Gasteiger partial charge on any atom is 0.315 e. The molecule has 0 radical (unpaired) electrons. The second-order valence-electron chi connectivity index (χ2n) is 9.67. The maximum absolute atomic E-state index is 14.7. The smallest absolute Gasteiger partial charge is 0.315 e. The Bertz CT molecular complexity index is 1170. The summed E-state index contributed by atoms with van der Waals surface area (Å²) >= 11 is 0. The van der Waals surface area contributed by atoms with E-state index in [1.165, 1.54) is 0 Å². The van der Waals surface area contributed by atoms with E-state index < -0.39 is 23.9 Å². The first kappa shape index (κ1) is 27.2. The summed E-state index contributed by atoms with van der Waals surface area (Å²) in [5.74, 6) is -0.998. The Labute approximate surface area is 209 Å². The number of rotatable bonds is 13. The van der Waals surface area contributed by atoms with Gasteiger partial charge in [-0.05, 0) is 41.2 Å². The molecule has 188 valence electrons. The van der Waals surface area contributed by atoms with Crippen molar-refractivity contribution in [3.8, 4) is 0 Å². The van der Waals surface area contributed by atoms with Crippen LogP contribution in [0.4, 0.5) is 0 Å². The van der Waals surface area contributed by atoms with Crippen LogP contribution in [0.15, 0.2) is 72.8 Å². The summed E-state index contributed by atoms with van der Waals surface area (Å²) in [5.41, 5.74) is -0.0652. The summed E-state index contributed by atoms with van der Waals surface area (Å²) in [6, 6.07) is 22.9. The molecule has 0 saturated heterocycles. The van der Waals surface area contributed by atoms with Crippen molar-refractivity contribution in [3.63, 3.8) is 0 Å². The molecule has 0 saturated carbocycles. The van der Waals surface area contributed by atoms with Gasteiger partial charge in [0.15, 0.2) is 0 Å². The predicted octanol–water partition coefficient (Wildman–Crippen LogP) is 8.16. The van der Waals surface area contributed by atoms with Crippen LogP contribution in [0.25, 0.3) is 10.8 Å². The molecular formula is C30H39O4P. The zero-order valence-corrected chi connectivity index (χ0v) is 22.1. The van der Waals surface area contributed by atoms with Gasteiger partial charge < -0.3 is 10.00 Å². The number of carbonyl (C=O) groups is 1. The lowest BCUT2D eigenvalue weighted by atomic mass is 9.63. The normalized spacial score (nSPS) is 16.8. The average molecular weight is 495 g/mol. The fraction of sp³-hybridized carbons (Fsp3) is 0.433. The van der Waals surface area contributed by atoms with Gasteiger partial charge in [-0.1, -0.05) is 119 Å². The van der Waals surface area contributed by atoms with Gasteiger partial charge in [-0.2, -0.15) is 0 Å². The minimum atomic E-state index is -4.03. The minimum absolute atomic E-state index is 0.0304. The van der Waals surface area contributed by atoms with Gasteiger partial charge in [0.25, 0.3) is 0 Å². The second kappa shape index (κ2) is 11.5. The molecule has 5 heteroatoms. The van der Waals surface area contributed by atoms with Crippen molar-refractivity contribution in [1.29, 1.82) is 0 Å². The Kier molecular flexibility index (Phi) is 8.96. The lowest BCUT2D eigenvalue weighted by Crippen LogP contribution is -2.56. The topological polar surface area (TPSA) is 74.6 Å². The molecule has 0 aliphatic carbocycles. The molecule has 0 aromatic heterocycles. The first-order valence-corrected chi connectivity index (χ1v) is 14.7. The highest BCUT2D eigenvalue weighted by molar-refractivity contribution is 7.59. The zero-order valence-electron chi connectivity index (χ0n) is 21.2. The fourth-order valence-electron chi connectivity index (χ4n) is 5.94. The fourth-order valence-corrected chi connectivity index (χ4v) is 8.88. The summed E-state index contributed by atoms with van der Waals surface area (Å²) in [4.78, 5) is 25.6. The van der Waals surface area contributed by atoms with Crippen LogP contribution in [0, 0.1) is 0 Å². The van der Waals surface area contributed by atoms with Crippen molar-refractivity contribution in [2.75, 3.05) is 0 Å². The SMILES string of the molecule is CCCCC(C(=O)O)(c1cccc2ccccc12)C(CC)(CCCC)P(=O)(O)Cc1ccccc1. The summed E-state index contributed by atoms with van der Waals surface area (Å²) in [7, 11) is -4.03. The van der Waals surface area contributed by atoms with Crippen LogP contribution in [0.1, 0.15) is 76.8 Å². The van der Waals surface area contributed by atoms with Crippen molar-refractivity contribution < 1.29 is 19.4 Å². The van der Waals surface area contributed by atoms with Gasteiger partial charge in [-0.15, -0.1) is 0 Å². The predicted molar refractivity (Wildman–Crippen MR) is 145 cm³/mol. The van der Waals surface area contributed by atoms with Gasteiger partial charge in [0.05, 0.1) is 11.3 Å². The zero-order chi connectivity index (χ0) is 25.5. The van der Waals surface area contributed by atoms with Crippen LogP contribution in [0.3, 0.4) is 0 Å². The van der Waals surface area contributed by atoms with E-state index in [4.69, 9.17) is 0 Å². The van der Waals surface area contributed by atoms with Crippen LogP contribution in [0.2, 0.25) is 0 Å². The van der Waals surface area contributed by atoms with Crippen LogP contribution >= 0.6 is 7.37 Å². The van der Waals surface area contributed by atoms with Crippen molar-refractivity contribution >= 4 is 24.1 Å². The Morgan fingerprint density at radius 2 is 1.43 bits per heavy atom. The van der Waals surface area contributed by atoms with E-state index in [2.05, 4.69) is 0 Å². The van der Waals surface area contributed by atoms with Gasteiger partial charge in [0.2, 0.25) is 7.37 Å². The van der Waals surface area contributed by atoms with Crippen LogP contribution in [-0.2, 0) is 20.9 Å². The molecule has 0 aliphatic heterocycles. The lowest BCUT2D eigenvalue weighted by Gasteiger charge is -2.51. The maximum atomic E-state index is 14.7. The third-order valence-corrected chi connectivity index (χ3v) is 10.8. The third kappa shape index (κ3) is 4.97. The molecule has 3 aromatic carbocycles. The highest BCUT2D eigenvalue weighted by atomic mass is 31.2. The molecule has 3 unspecified atom stereocenters. The third-order valence-electron chi connectivity index (χ3n) is 7.75. The van der Waals surface area contributed by atoms with Gasteiger partial charge in [-0.3, -0.25) is 9.36 Å². The molecule has 0 fully saturated rings. The Morgan fingerprint density at radius 3 is 2.06 bits per heavy atom. The number of fused-ring (bicyclic) bond motifs is 1. The molecule has 0 aliphatic rings. The van der Waals surface area contributed by atoms with E-state index in [-0.39, 0.29) is 6.16 Å². The van der Waals surface area contributed by atoms with Crippen LogP contribution in [0.5, 0.6) is 0 Å². The van der Waals surface area contributed by atoms with Crippen molar-refractivity contribution in [1.82, 2.24) is 0 Å². The highest BCUT2D eigenvalue weighted by Crippen LogP contribution is 2.69. The van der Waals surface area contributed by atoms with Gasteiger partial charge in [-0.25, -0.2) is 0 Å². The number of carboxylic acid groups (broad SMARTS) is 1. The highest BCUT2D eigenvalue weighted by Gasteiger charge is 2.64. The van der Waals surface area contributed by atoms with E-state index >= 15 is 0 Å². The molecule has 3 atom stereocenters. The Balaban J connectivity index is 2.40. The summed E-state index contributed by atoms with van der Waals surface area (Å²) in [6.07, 6.45) is 3.98. The summed E-state index contributed by atoms with van der Waals surface area (Å²) < 4.78 is 14.7. The van der Waals surface area contributed by atoms with E-state index in [0.717, 1.165) is 29.2 Å². The van der Waals surface area contributed by atoms with Gasteiger partial charge >= 0.3 is 5.97 Å². The first-order valence-electron chi connectivity index (χ1n) is 12.9. The van der Waals surface area contributed by atoms with Crippen molar-refractivity contribution in [3.05, 3.63) is 83.9 Å². The second-order valence-corrected chi connectivity index (χ2v) is 12.3. The molecule has 0 bridgehead atoms. The largest absolute Gasteiger partial charge is 0.481 e. The monoisotopic (exact) mass is 494 g/mol. The molecule has 35 heavy (non-hydrogen) atoms. The number of hydrogen-bond donors (Lipinski definition) is 2. The van der Waals surface area contributed by atoms with Crippen LogP contribution in [-0.4, -0.2) is 21.1 Å². The summed E-state index contributed by atoms with van der Waals surface area (Å²) in [6.45, 7) is 5.99. The summed E-state index contributed by atoms with van der Waals surface area (Å²) in [5, 5.41) is 11.6. The van der Waals surface area contributed by atoms with E-state index in [1.807, 2.05) is 93.6 Å². The average Bonchev–Trinajstić information content (AvgIpc) is 2.86. The van der Waals surface area contributed by atoms with Gasteiger partial charge in [0.1, 0.15) is 5.41 Å². The molecule has 3 rings (SSSR count). The van der Waals surface area contributed by atoms with E-state index in [1.54, 1.807) is 0 Å². The van der Waals surface area contributed by atoms with E-state index in [9.17, 15) is 19.4 Å². The number of unbranched alkanes of at least 4 members (excludes halogenated alkanes) is 2. The number of aliphatic carboxylic acids is 1. The number of carboxylic acids is 1. The van der Waals surface area contributed by atoms with Crippen LogP contribution < -0.4 is 0 Å². The quantitative estimate of drug-likeness (QED) is 0.235. The molecule has 4 nitrogen and oxygen atoms in total. The Morgan fingerprint density at radius 1 is 0.829 bits per heavy atom. The number of hydrogen-bond acceptors (Lipinski definition) is 2. The molecule has 0 amide bonds. The van der Waals surface area contributed by atoms with Crippen molar-refractivity contribution in [2.24, 2.45) is 0 Å². The molecule has 3 aromatic rings. The molecule has 2 N–H and O–H groups in total.